The number of carbonyl (C=O) groups excluding carboxylic acids is 2. The molecule has 1 fully saturated rings. The van der Waals surface area contributed by atoms with E-state index in [2.05, 4.69) is 5.32 Å². The summed E-state index contributed by atoms with van der Waals surface area (Å²) in [6.07, 6.45) is 2.72. The molecule has 0 spiro atoms. The number of nitrogens with one attached hydrogen (secondary N) is 1. The van der Waals surface area contributed by atoms with Crippen molar-refractivity contribution in [3.63, 3.8) is 0 Å². The van der Waals surface area contributed by atoms with Crippen LogP contribution in [0.5, 0.6) is 23.0 Å². The second-order valence-electron chi connectivity index (χ2n) is 6.95. The minimum Gasteiger partial charge on any atom is -0.550 e. The average molecular weight is 382 g/mol. The van der Waals surface area contributed by atoms with Crippen LogP contribution in [-0.4, -0.2) is 18.7 Å². The third-order valence-electron chi connectivity index (χ3n) is 5.11. The molecule has 1 aliphatic carbocycles. The van der Waals surface area contributed by atoms with Gasteiger partial charge in [0.25, 0.3) is 0 Å². The van der Waals surface area contributed by atoms with Crippen LogP contribution < -0.4 is 24.6 Å². The molecule has 2 atom stereocenters. The summed E-state index contributed by atoms with van der Waals surface area (Å²) in [5.41, 5.74) is 0.589. The van der Waals surface area contributed by atoms with E-state index in [9.17, 15) is 14.7 Å². The maximum Gasteiger partial charge on any atom is 0.231 e. The number of carboxylic acids is 1. The van der Waals surface area contributed by atoms with Crippen molar-refractivity contribution in [3.05, 3.63) is 42.5 Å². The lowest BCUT2D eigenvalue weighted by Crippen LogP contribution is -2.42. The van der Waals surface area contributed by atoms with E-state index in [0.717, 1.165) is 12.8 Å². The van der Waals surface area contributed by atoms with Gasteiger partial charge in [-0.1, -0.05) is 12.8 Å². The maximum atomic E-state index is 12.5. The van der Waals surface area contributed by atoms with Crippen molar-refractivity contribution < 1.29 is 28.9 Å². The highest BCUT2D eigenvalue weighted by molar-refractivity contribution is 5.95. The highest BCUT2D eigenvalue weighted by Crippen LogP contribution is 2.37. The first-order chi connectivity index (χ1) is 13.6. The monoisotopic (exact) mass is 382 g/mol. The number of ether oxygens (including phenoxy) is 3. The zero-order valence-corrected chi connectivity index (χ0v) is 15.2. The molecular formula is C21H20NO6-. The number of hydrogen-bond donors (Lipinski definition) is 1. The van der Waals surface area contributed by atoms with Crippen molar-refractivity contribution in [1.29, 1.82) is 0 Å². The molecule has 1 heterocycles. The van der Waals surface area contributed by atoms with Gasteiger partial charge in [-0.2, -0.15) is 0 Å². The van der Waals surface area contributed by atoms with Crippen molar-refractivity contribution in [2.75, 3.05) is 12.1 Å². The molecule has 0 saturated heterocycles. The molecule has 0 aromatic heterocycles. The van der Waals surface area contributed by atoms with Crippen molar-refractivity contribution in [2.24, 2.45) is 11.8 Å². The second-order valence-corrected chi connectivity index (χ2v) is 6.95. The van der Waals surface area contributed by atoms with E-state index in [4.69, 9.17) is 14.2 Å². The summed E-state index contributed by atoms with van der Waals surface area (Å²) >= 11 is 0. The van der Waals surface area contributed by atoms with Gasteiger partial charge in [0.2, 0.25) is 12.7 Å². The van der Waals surface area contributed by atoms with E-state index in [1.54, 1.807) is 42.5 Å². The highest BCUT2D eigenvalue weighted by atomic mass is 16.7. The largest absolute Gasteiger partial charge is 0.550 e. The Balaban J connectivity index is 1.39. The molecule has 2 aliphatic rings. The first-order valence-corrected chi connectivity index (χ1v) is 9.29. The lowest BCUT2D eigenvalue weighted by Gasteiger charge is -2.31. The fourth-order valence-electron chi connectivity index (χ4n) is 3.64. The molecule has 2 aromatic rings. The van der Waals surface area contributed by atoms with Crippen molar-refractivity contribution >= 4 is 17.6 Å². The number of rotatable bonds is 5. The number of aliphatic carboxylic acids is 1. The standard InChI is InChI=1S/C21H21NO6/c23-20(16-3-1-2-4-17(16)21(24)25)22-13-5-7-14(8-6-13)28-15-9-10-18-19(11-15)27-12-26-18/h5-11,16-17H,1-4,12H2,(H,22,23)(H,24,25)/p-1/t16-,17+/m0/s1. The lowest BCUT2D eigenvalue weighted by atomic mass is 9.78. The van der Waals surface area contributed by atoms with Crippen molar-refractivity contribution in [2.45, 2.75) is 25.7 Å². The first kappa shape index (κ1) is 18.2. The van der Waals surface area contributed by atoms with Crippen LogP contribution in [0.1, 0.15) is 25.7 Å². The lowest BCUT2D eigenvalue weighted by molar-refractivity contribution is -0.313. The number of anilines is 1. The van der Waals surface area contributed by atoms with Crippen LogP contribution in [0, 0.1) is 11.8 Å². The summed E-state index contributed by atoms with van der Waals surface area (Å²) in [4.78, 5) is 23.8. The molecular weight excluding hydrogens is 362 g/mol. The molecule has 0 unspecified atom stereocenters. The molecule has 1 aliphatic heterocycles. The van der Waals surface area contributed by atoms with Crippen LogP contribution in [0.25, 0.3) is 0 Å². The van der Waals surface area contributed by atoms with Gasteiger partial charge in [-0.15, -0.1) is 0 Å². The summed E-state index contributed by atoms with van der Waals surface area (Å²) in [6.45, 7) is 0.201. The molecule has 0 radical (unpaired) electrons. The topological polar surface area (TPSA) is 96.9 Å². The Labute approximate surface area is 162 Å². The summed E-state index contributed by atoms with van der Waals surface area (Å²) in [6, 6.07) is 12.2. The van der Waals surface area contributed by atoms with E-state index in [-0.39, 0.29) is 12.7 Å². The Kier molecular flexibility index (Phi) is 5.06. The number of amides is 1. The predicted molar refractivity (Wildman–Crippen MR) is 98.2 cm³/mol. The minimum atomic E-state index is -1.15. The van der Waals surface area contributed by atoms with E-state index in [1.165, 1.54) is 0 Å². The smallest absolute Gasteiger partial charge is 0.231 e. The predicted octanol–water partition coefficient (Wildman–Crippen LogP) is 2.70. The summed E-state index contributed by atoms with van der Waals surface area (Å²) in [5.74, 6) is -0.169. The average Bonchev–Trinajstić information content (AvgIpc) is 3.17. The van der Waals surface area contributed by atoms with E-state index < -0.39 is 17.8 Å². The zero-order valence-electron chi connectivity index (χ0n) is 15.2. The quantitative estimate of drug-likeness (QED) is 0.854. The molecule has 1 N–H and O–H groups in total. The Hall–Kier alpha value is -3.22. The van der Waals surface area contributed by atoms with Crippen LogP contribution in [0.3, 0.4) is 0 Å². The fourth-order valence-corrected chi connectivity index (χ4v) is 3.64. The second kappa shape index (κ2) is 7.80. The van der Waals surface area contributed by atoms with Crippen molar-refractivity contribution in [3.8, 4) is 23.0 Å². The van der Waals surface area contributed by atoms with E-state index in [1.807, 2.05) is 0 Å². The molecule has 146 valence electrons. The van der Waals surface area contributed by atoms with Crippen LogP contribution in [-0.2, 0) is 9.59 Å². The van der Waals surface area contributed by atoms with Gasteiger partial charge in [-0.3, -0.25) is 4.79 Å². The van der Waals surface area contributed by atoms with Gasteiger partial charge in [-0.25, -0.2) is 0 Å². The summed E-state index contributed by atoms with van der Waals surface area (Å²) < 4.78 is 16.4. The summed E-state index contributed by atoms with van der Waals surface area (Å²) in [5, 5.41) is 14.1. The van der Waals surface area contributed by atoms with E-state index in [0.29, 0.717) is 41.5 Å². The summed E-state index contributed by atoms with van der Waals surface area (Å²) in [7, 11) is 0. The molecule has 2 aromatic carbocycles. The number of benzene rings is 2. The Morgan fingerprint density at radius 1 is 0.929 bits per heavy atom. The van der Waals surface area contributed by atoms with Crippen LogP contribution in [0.2, 0.25) is 0 Å². The van der Waals surface area contributed by atoms with Gasteiger partial charge in [0, 0.05) is 29.6 Å². The first-order valence-electron chi connectivity index (χ1n) is 9.29. The minimum absolute atomic E-state index is 0.201. The third kappa shape index (κ3) is 3.88. The molecule has 28 heavy (non-hydrogen) atoms. The normalized spacial score (nSPS) is 20.4. The molecule has 1 saturated carbocycles. The van der Waals surface area contributed by atoms with Crippen LogP contribution in [0.4, 0.5) is 5.69 Å². The third-order valence-corrected chi connectivity index (χ3v) is 5.11. The fraction of sp³-hybridized carbons (Fsp3) is 0.333. The molecule has 4 rings (SSSR count). The Morgan fingerprint density at radius 2 is 1.61 bits per heavy atom. The van der Waals surface area contributed by atoms with Gasteiger partial charge in [-0.05, 0) is 49.2 Å². The van der Waals surface area contributed by atoms with Gasteiger partial charge in [0.15, 0.2) is 11.5 Å². The SMILES string of the molecule is O=C(Nc1ccc(Oc2ccc3c(c2)OCO3)cc1)[C@H]1CCCC[C@H]1C(=O)[O-]. The van der Waals surface area contributed by atoms with Gasteiger partial charge in [0.1, 0.15) is 11.5 Å². The van der Waals surface area contributed by atoms with Gasteiger partial charge >= 0.3 is 0 Å². The van der Waals surface area contributed by atoms with Crippen LogP contribution in [0.15, 0.2) is 42.5 Å². The zero-order chi connectivity index (χ0) is 19.5. The van der Waals surface area contributed by atoms with Gasteiger partial charge in [0.05, 0.1) is 0 Å². The number of hydrogen-bond acceptors (Lipinski definition) is 6. The maximum absolute atomic E-state index is 12.5. The van der Waals surface area contributed by atoms with Crippen LogP contribution >= 0.6 is 0 Å². The number of carbonyl (C=O) groups is 2. The van der Waals surface area contributed by atoms with Crippen molar-refractivity contribution in [1.82, 2.24) is 0 Å². The number of carboxylic acid groups (broad SMARTS) is 1. The Morgan fingerprint density at radius 3 is 2.36 bits per heavy atom. The Bertz CT molecular complexity index is 879. The highest BCUT2D eigenvalue weighted by Gasteiger charge is 2.31. The number of fused-ring (bicyclic) bond motifs is 1. The van der Waals surface area contributed by atoms with E-state index >= 15 is 0 Å². The van der Waals surface area contributed by atoms with Gasteiger partial charge < -0.3 is 29.4 Å². The molecule has 1 amide bonds. The molecule has 7 nitrogen and oxygen atoms in total. The molecule has 0 bridgehead atoms. The molecule has 7 heteroatoms.